The zero-order valence-electron chi connectivity index (χ0n) is 10.6. The summed E-state index contributed by atoms with van der Waals surface area (Å²) < 4.78 is 28.5. The minimum Gasteiger partial charge on any atom is -0.382 e. The number of nitrogen functional groups attached to an aromatic ring is 1. The average Bonchev–Trinajstić information content (AvgIpc) is 3.02. The van der Waals surface area contributed by atoms with E-state index in [0.29, 0.717) is 17.7 Å². The molecule has 1 aromatic heterocycles. The minimum absolute atomic E-state index is 0. The van der Waals surface area contributed by atoms with Crippen LogP contribution in [-0.4, -0.2) is 9.78 Å². The lowest BCUT2D eigenvalue weighted by molar-refractivity contribution is 0.567. The quantitative estimate of drug-likeness (QED) is 0.875. The minimum atomic E-state index is -0.604. The second kappa shape index (κ2) is 4.45. The molecule has 2 N–H and O–H groups in total. The monoisotopic (exact) mass is 297 g/mol. The first-order valence-corrected chi connectivity index (χ1v) is 6.49. The third-order valence-corrected chi connectivity index (χ3v) is 4.35. The normalized spacial score (nSPS) is 22.7. The fraction of sp³-hybridized carbons (Fsp3) is 0.357. The Bertz CT molecular complexity index is 683. The number of benzene rings is 1. The van der Waals surface area contributed by atoms with Gasteiger partial charge in [-0.15, -0.1) is 12.4 Å². The SMILES string of the molecule is Cl.Nc1nn(-c2ccc(F)cc2F)c2c1[C@H]1CC[C@@H]2C1. The van der Waals surface area contributed by atoms with Crippen molar-refractivity contribution in [3.8, 4) is 5.69 Å². The Morgan fingerprint density at radius 2 is 1.95 bits per heavy atom. The van der Waals surface area contributed by atoms with Crippen molar-refractivity contribution < 1.29 is 8.78 Å². The summed E-state index contributed by atoms with van der Waals surface area (Å²) in [6, 6.07) is 3.55. The van der Waals surface area contributed by atoms with Gasteiger partial charge in [0.1, 0.15) is 17.3 Å². The molecule has 0 saturated heterocycles. The molecule has 1 heterocycles. The molecule has 2 atom stereocenters. The van der Waals surface area contributed by atoms with Gasteiger partial charge in [-0.3, -0.25) is 0 Å². The van der Waals surface area contributed by atoms with Crippen molar-refractivity contribution in [3.05, 3.63) is 41.1 Å². The molecule has 0 amide bonds. The van der Waals surface area contributed by atoms with Gasteiger partial charge >= 0.3 is 0 Å². The number of nitrogens with two attached hydrogens (primary N) is 1. The highest BCUT2D eigenvalue weighted by Crippen LogP contribution is 2.55. The largest absolute Gasteiger partial charge is 0.382 e. The number of halogens is 3. The van der Waals surface area contributed by atoms with Crippen LogP contribution in [0.3, 0.4) is 0 Å². The maximum absolute atomic E-state index is 13.9. The molecule has 0 aliphatic heterocycles. The Kier molecular flexibility index (Phi) is 2.97. The van der Waals surface area contributed by atoms with Crippen molar-refractivity contribution in [3.63, 3.8) is 0 Å². The van der Waals surface area contributed by atoms with E-state index < -0.39 is 11.6 Å². The fourth-order valence-electron chi connectivity index (χ4n) is 3.60. The van der Waals surface area contributed by atoms with E-state index >= 15 is 0 Å². The van der Waals surface area contributed by atoms with Crippen molar-refractivity contribution in [2.75, 3.05) is 5.73 Å². The maximum Gasteiger partial charge on any atom is 0.151 e. The Hall–Kier alpha value is -1.62. The number of nitrogens with zero attached hydrogens (tertiary/aromatic N) is 2. The van der Waals surface area contributed by atoms with E-state index in [-0.39, 0.29) is 18.1 Å². The first-order valence-electron chi connectivity index (χ1n) is 6.49. The lowest BCUT2D eigenvalue weighted by Gasteiger charge is -2.14. The Morgan fingerprint density at radius 1 is 1.20 bits per heavy atom. The Balaban J connectivity index is 0.00000121. The molecule has 1 saturated carbocycles. The summed E-state index contributed by atoms with van der Waals surface area (Å²) >= 11 is 0. The Labute approximate surface area is 121 Å². The first-order chi connectivity index (χ1) is 9.15. The topological polar surface area (TPSA) is 43.8 Å². The van der Waals surface area contributed by atoms with Crippen LogP contribution in [0.4, 0.5) is 14.6 Å². The van der Waals surface area contributed by atoms with Crippen molar-refractivity contribution >= 4 is 18.2 Å². The van der Waals surface area contributed by atoms with Gasteiger partial charge in [0.05, 0.1) is 5.69 Å². The molecule has 0 spiro atoms. The third kappa shape index (κ3) is 1.66. The molecule has 1 aromatic carbocycles. The van der Waals surface area contributed by atoms with Crippen LogP contribution in [0.25, 0.3) is 5.69 Å². The van der Waals surface area contributed by atoms with Gasteiger partial charge in [0, 0.05) is 17.5 Å². The van der Waals surface area contributed by atoms with Gasteiger partial charge < -0.3 is 5.73 Å². The third-order valence-electron chi connectivity index (χ3n) is 4.35. The number of anilines is 1. The van der Waals surface area contributed by atoms with Crippen LogP contribution < -0.4 is 5.73 Å². The van der Waals surface area contributed by atoms with Crippen LogP contribution in [0.1, 0.15) is 42.4 Å². The zero-order valence-corrected chi connectivity index (χ0v) is 11.5. The van der Waals surface area contributed by atoms with Gasteiger partial charge in [-0.1, -0.05) is 0 Å². The lowest BCUT2D eigenvalue weighted by Crippen LogP contribution is -2.07. The van der Waals surface area contributed by atoms with Gasteiger partial charge in [0.2, 0.25) is 0 Å². The summed E-state index contributed by atoms with van der Waals surface area (Å²) in [6.07, 6.45) is 3.32. The van der Waals surface area contributed by atoms with Crippen LogP contribution in [0.15, 0.2) is 18.2 Å². The summed E-state index contributed by atoms with van der Waals surface area (Å²) in [6.45, 7) is 0. The second-order valence-electron chi connectivity index (χ2n) is 5.40. The van der Waals surface area contributed by atoms with Crippen LogP contribution in [-0.2, 0) is 0 Å². The van der Waals surface area contributed by atoms with Gasteiger partial charge in [-0.25, -0.2) is 13.5 Å². The number of aromatic nitrogens is 2. The van der Waals surface area contributed by atoms with E-state index in [1.54, 1.807) is 4.68 Å². The summed E-state index contributed by atoms with van der Waals surface area (Å²) in [5.41, 5.74) is 8.36. The molecular weight excluding hydrogens is 284 g/mol. The van der Waals surface area contributed by atoms with Crippen LogP contribution in [0.2, 0.25) is 0 Å². The molecule has 4 rings (SSSR count). The highest BCUT2D eigenvalue weighted by molar-refractivity contribution is 5.85. The fourth-order valence-corrected chi connectivity index (χ4v) is 3.60. The van der Waals surface area contributed by atoms with Crippen LogP contribution in [0.5, 0.6) is 0 Å². The summed E-state index contributed by atoms with van der Waals surface area (Å²) in [4.78, 5) is 0. The molecule has 2 aliphatic rings. The van der Waals surface area contributed by atoms with Gasteiger partial charge in [-0.2, -0.15) is 5.10 Å². The van der Waals surface area contributed by atoms with Crippen molar-refractivity contribution in [2.24, 2.45) is 0 Å². The van der Waals surface area contributed by atoms with Crippen molar-refractivity contribution in [1.29, 1.82) is 0 Å². The van der Waals surface area contributed by atoms with Crippen molar-refractivity contribution in [1.82, 2.24) is 9.78 Å². The summed E-state index contributed by atoms with van der Waals surface area (Å²) in [7, 11) is 0. The van der Waals surface area contributed by atoms with Crippen LogP contribution in [0, 0.1) is 11.6 Å². The molecule has 2 aromatic rings. The predicted molar refractivity (Wildman–Crippen MR) is 74.5 cm³/mol. The zero-order chi connectivity index (χ0) is 13.1. The molecule has 1 fully saturated rings. The van der Waals surface area contributed by atoms with Gasteiger partial charge in [-0.05, 0) is 37.3 Å². The highest BCUT2D eigenvalue weighted by atomic mass is 35.5. The van der Waals surface area contributed by atoms with Gasteiger partial charge in [0.15, 0.2) is 5.82 Å². The summed E-state index contributed by atoms with van der Waals surface area (Å²) in [5.74, 6) is 0.185. The maximum atomic E-state index is 13.9. The number of rotatable bonds is 1. The lowest BCUT2D eigenvalue weighted by atomic mass is 9.97. The van der Waals surface area contributed by atoms with Gasteiger partial charge in [0.25, 0.3) is 0 Å². The van der Waals surface area contributed by atoms with E-state index in [1.165, 1.54) is 12.1 Å². The highest BCUT2D eigenvalue weighted by Gasteiger charge is 2.42. The molecule has 2 aliphatic carbocycles. The average molecular weight is 298 g/mol. The molecule has 20 heavy (non-hydrogen) atoms. The molecular formula is C14H14ClF2N3. The number of hydrogen-bond acceptors (Lipinski definition) is 2. The van der Waals surface area contributed by atoms with E-state index in [0.717, 1.165) is 36.6 Å². The first kappa shape index (κ1) is 13.4. The molecule has 106 valence electrons. The van der Waals surface area contributed by atoms with E-state index in [9.17, 15) is 8.78 Å². The van der Waals surface area contributed by atoms with Crippen LogP contribution >= 0.6 is 12.4 Å². The summed E-state index contributed by atoms with van der Waals surface area (Å²) in [5, 5.41) is 4.27. The predicted octanol–water partition coefficient (Wildman–Crippen LogP) is 3.52. The standard InChI is InChI=1S/C14H13F2N3.ClH/c15-9-3-4-11(10(16)6-9)19-13-8-2-1-7(5-8)12(13)14(17)18-19;/h3-4,6-8H,1-2,5H2,(H2,17,18);1H/t7-,8+;/m0./s1. The van der Waals surface area contributed by atoms with E-state index in [1.807, 2.05) is 0 Å². The second-order valence-corrected chi connectivity index (χ2v) is 5.40. The molecule has 0 radical (unpaired) electrons. The number of hydrogen-bond donors (Lipinski definition) is 1. The molecule has 0 unspecified atom stereocenters. The molecule has 3 nitrogen and oxygen atoms in total. The molecule has 6 heteroatoms. The van der Waals surface area contributed by atoms with Crippen molar-refractivity contribution in [2.45, 2.75) is 31.1 Å². The number of fused-ring (bicyclic) bond motifs is 5. The Morgan fingerprint density at radius 3 is 2.70 bits per heavy atom. The van der Waals surface area contributed by atoms with E-state index in [4.69, 9.17) is 5.73 Å². The molecule has 2 bridgehead atoms. The smallest absolute Gasteiger partial charge is 0.151 e. The van der Waals surface area contributed by atoms with E-state index in [2.05, 4.69) is 5.10 Å².